The van der Waals surface area contributed by atoms with Crippen molar-refractivity contribution < 1.29 is 0 Å². The summed E-state index contributed by atoms with van der Waals surface area (Å²) in [6.07, 6.45) is 5.91. The molecule has 0 saturated carbocycles. The summed E-state index contributed by atoms with van der Waals surface area (Å²) in [5.41, 5.74) is 8.01. The third kappa shape index (κ3) is 3.33. The Morgan fingerprint density at radius 1 is 1.40 bits per heavy atom. The molecule has 0 saturated heterocycles. The fourth-order valence-corrected chi connectivity index (χ4v) is 0.885. The molecule has 1 nitrogen and oxygen atoms in total. The van der Waals surface area contributed by atoms with Gasteiger partial charge in [0.2, 0.25) is 0 Å². The van der Waals surface area contributed by atoms with Crippen molar-refractivity contribution >= 4 is 0 Å². The highest BCUT2D eigenvalue weighted by Gasteiger charge is 1.91. The number of rotatable bonds is 3. The van der Waals surface area contributed by atoms with Gasteiger partial charge in [0.25, 0.3) is 0 Å². The van der Waals surface area contributed by atoms with Gasteiger partial charge < -0.3 is 5.73 Å². The molecule has 0 heterocycles. The van der Waals surface area contributed by atoms with Crippen molar-refractivity contribution in [1.82, 2.24) is 0 Å². The molecule has 1 heteroatoms. The van der Waals surface area contributed by atoms with Crippen LogP contribution in [-0.2, 0) is 0 Å². The van der Waals surface area contributed by atoms with Gasteiger partial charge in [-0.3, -0.25) is 0 Å². The van der Waals surface area contributed by atoms with Gasteiger partial charge in [0.05, 0.1) is 0 Å². The van der Waals surface area contributed by atoms with Gasteiger partial charge >= 0.3 is 0 Å². The molecule has 0 rings (SSSR count). The van der Waals surface area contributed by atoms with Crippen LogP contribution < -0.4 is 5.73 Å². The highest BCUT2D eigenvalue weighted by atomic mass is 14.5. The predicted molar refractivity (Wildman–Crippen MR) is 46.6 cm³/mol. The third-order valence-electron chi connectivity index (χ3n) is 1.46. The minimum Gasteiger partial charge on any atom is -0.405 e. The second kappa shape index (κ2) is 5.10. The Morgan fingerprint density at radius 2 is 2.00 bits per heavy atom. The molecule has 10 heavy (non-hydrogen) atoms. The van der Waals surface area contributed by atoms with Crippen LogP contribution in [0.1, 0.15) is 33.6 Å². The molecule has 0 spiro atoms. The number of allylic oxidation sites excluding steroid dienone is 3. The van der Waals surface area contributed by atoms with Crippen LogP contribution >= 0.6 is 0 Å². The molecule has 0 aliphatic rings. The monoisotopic (exact) mass is 139 g/mol. The summed E-state index contributed by atoms with van der Waals surface area (Å²) in [6.45, 7) is 6.41. The van der Waals surface area contributed by atoms with E-state index in [4.69, 9.17) is 5.73 Å². The van der Waals surface area contributed by atoms with Gasteiger partial charge in [-0.2, -0.15) is 0 Å². The molecule has 2 N–H and O–H groups in total. The SMILES string of the molecule is CCCC(/C=C\N)=C(C)C. The van der Waals surface area contributed by atoms with Gasteiger partial charge in [-0.15, -0.1) is 0 Å². The van der Waals surface area contributed by atoms with E-state index in [1.54, 1.807) is 6.20 Å². The third-order valence-corrected chi connectivity index (χ3v) is 1.46. The van der Waals surface area contributed by atoms with E-state index in [9.17, 15) is 0 Å². The van der Waals surface area contributed by atoms with E-state index in [2.05, 4.69) is 20.8 Å². The van der Waals surface area contributed by atoms with Crippen molar-refractivity contribution in [2.45, 2.75) is 33.6 Å². The van der Waals surface area contributed by atoms with Gasteiger partial charge in [0.15, 0.2) is 0 Å². The Labute approximate surface area is 63.6 Å². The first-order valence-corrected chi connectivity index (χ1v) is 3.77. The maximum Gasteiger partial charge on any atom is -0.00596 e. The number of hydrogen-bond acceptors (Lipinski definition) is 1. The smallest absolute Gasteiger partial charge is 0.00596 e. The average Bonchev–Trinajstić information content (AvgIpc) is 1.87. The molecule has 0 radical (unpaired) electrons. The van der Waals surface area contributed by atoms with Gasteiger partial charge in [0.1, 0.15) is 0 Å². The second-order valence-electron chi connectivity index (χ2n) is 2.63. The minimum absolute atomic E-state index is 1.13. The van der Waals surface area contributed by atoms with Crippen LogP contribution in [0.5, 0.6) is 0 Å². The predicted octanol–water partition coefficient (Wildman–Crippen LogP) is 2.60. The fraction of sp³-hybridized carbons (Fsp3) is 0.556. The molecule has 0 aliphatic heterocycles. The highest BCUT2D eigenvalue weighted by molar-refractivity contribution is 5.22. The summed E-state index contributed by atoms with van der Waals surface area (Å²) in [4.78, 5) is 0. The summed E-state index contributed by atoms with van der Waals surface area (Å²) in [6, 6.07) is 0. The van der Waals surface area contributed by atoms with Crippen molar-refractivity contribution in [2.24, 2.45) is 5.73 Å². The van der Waals surface area contributed by atoms with E-state index < -0.39 is 0 Å². The Hall–Kier alpha value is -0.720. The zero-order valence-electron chi connectivity index (χ0n) is 7.15. The van der Waals surface area contributed by atoms with Crippen molar-refractivity contribution in [2.75, 3.05) is 0 Å². The summed E-state index contributed by atoms with van der Waals surface area (Å²) >= 11 is 0. The first kappa shape index (κ1) is 9.28. The summed E-state index contributed by atoms with van der Waals surface area (Å²) in [5.74, 6) is 0. The number of hydrogen-bond donors (Lipinski definition) is 1. The van der Waals surface area contributed by atoms with Crippen LogP contribution in [0.15, 0.2) is 23.4 Å². The molecular weight excluding hydrogens is 122 g/mol. The Bertz CT molecular complexity index is 139. The molecule has 0 aromatic rings. The van der Waals surface area contributed by atoms with Crippen molar-refractivity contribution in [3.63, 3.8) is 0 Å². The van der Waals surface area contributed by atoms with Crippen LogP contribution in [-0.4, -0.2) is 0 Å². The van der Waals surface area contributed by atoms with Gasteiger partial charge in [-0.25, -0.2) is 0 Å². The quantitative estimate of drug-likeness (QED) is 0.597. The standard InChI is InChI=1S/C9H17N/c1-4-5-9(6-7-10)8(2)3/h6-7H,4-5,10H2,1-3H3/b7-6-. The minimum atomic E-state index is 1.13. The summed E-state index contributed by atoms with van der Waals surface area (Å²) < 4.78 is 0. The maximum atomic E-state index is 5.28. The molecule has 0 unspecified atom stereocenters. The molecule has 58 valence electrons. The lowest BCUT2D eigenvalue weighted by Gasteiger charge is -2.00. The molecule has 0 fully saturated rings. The Balaban J connectivity index is 4.13. The van der Waals surface area contributed by atoms with Crippen molar-refractivity contribution in [3.05, 3.63) is 23.4 Å². The topological polar surface area (TPSA) is 26.0 Å². The summed E-state index contributed by atoms with van der Waals surface area (Å²) in [5, 5.41) is 0. The normalized spacial score (nSPS) is 10.3. The van der Waals surface area contributed by atoms with Crippen LogP contribution in [0.3, 0.4) is 0 Å². The molecule has 0 bridgehead atoms. The van der Waals surface area contributed by atoms with E-state index in [1.165, 1.54) is 17.6 Å². The largest absolute Gasteiger partial charge is 0.405 e. The van der Waals surface area contributed by atoms with Crippen LogP contribution in [0.4, 0.5) is 0 Å². The fourth-order valence-electron chi connectivity index (χ4n) is 0.885. The van der Waals surface area contributed by atoms with Gasteiger partial charge in [-0.1, -0.05) is 18.9 Å². The van der Waals surface area contributed by atoms with Gasteiger partial charge in [0, 0.05) is 0 Å². The van der Waals surface area contributed by atoms with Crippen LogP contribution in [0, 0.1) is 0 Å². The Morgan fingerprint density at radius 3 is 2.30 bits per heavy atom. The van der Waals surface area contributed by atoms with Crippen molar-refractivity contribution in [3.8, 4) is 0 Å². The van der Waals surface area contributed by atoms with Crippen LogP contribution in [0.25, 0.3) is 0 Å². The zero-order chi connectivity index (χ0) is 7.98. The maximum absolute atomic E-state index is 5.28. The van der Waals surface area contributed by atoms with E-state index in [0.29, 0.717) is 0 Å². The van der Waals surface area contributed by atoms with Crippen LogP contribution in [0.2, 0.25) is 0 Å². The zero-order valence-corrected chi connectivity index (χ0v) is 7.15. The summed E-state index contributed by atoms with van der Waals surface area (Å²) in [7, 11) is 0. The lowest BCUT2D eigenvalue weighted by atomic mass is 10.1. The lowest BCUT2D eigenvalue weighted by molar-refractivity contribution is 0.912. The average molecular weight is 139 g/mol. The number of nitrogens with two attached hydrogens (primary N) is 1. The first-order valence-electron chi connectivity index (χ1n) is 3.77. The van der Waals surface area contributed by atoms with Gasteiger partial charge in [-0.05, 0) is 38.1 Å². The highest BCUT2D eigenvalue weighted by Crippen LogP contribution is 2.10. The van der Waals surface area contributed by atoms with E-state index >= 15 is 0 Å². The molecule has 0 atom stereocenters. The second-order valence-corrected chi connectivity index (χ2v) is 2.63. The van der Waals surface area contributed by atoms with E-state index in [0.717, 1.165) is 6.42 Å². The van der Waals surface area contributed by atoms with E-state index in [-0.39, 0.29) is 0 Å². The molecular formula is C9H17N. The molecule has 0 aromatic carbocycles. The van der Waals surface area contributed by atoms with E-state index in [1.807, 2.05) is 6.08 Å². The molecule has 0 aromatic heterocycles. The molecule has 0 aliphatic carbocycles. The van der Waals surface area contributed by atoms with Crippen molar-refractivity contribution in [1.29, 1.82) is 0 Å². The molecule has 0 amide bonds. The lowest BCUT2D eigenvalue weighted by Crippen LogP contribution is -1.84. The first-order chi connectivity index (χ1) is 4.72. The Kier molecular flexibility index (Phi) is 4.73.